The van der Waals surface area contributed by atoms with Crippen LogP contribution < -0.4 is 30.0 Å². The van der Waals surface area contributed by atoms with E-state index in [1.807, 2.05) is 23.9 Å². The van der Waals surface area contributed by atoms with Gasteiger partial charge in [0.15, 0.2) is 35.1 Å². The number of fused-ring (bicyclic) bond motifs is 2. The number of likely N-dealkylation sites (tertiary alicyclic amines) is 2. The number of likely N-dealkylation sites (N-methyl/N-ethyl adjacent to an activating group) is 2. The monoisotopic (exact) mass is 752 g/mol. The molecule has 0 radical (unpaired) electrons. The largest absolute Gasteiger partial charge is 0.493 e. The fraction of sp³-hybridized carbons (Fsp3) is 0.675. The Labute approximate surface area is 317 Å². The van der Waals surface area contributed by atoms with Gasteiger partial charge in [-0.05, 0) is 101 Å². The molecule has 2 saturated carbocycles. The van der Waals surface area contributed by atoms with E-state index in [2.05, 4.69) is 53.5 Å². The van der Waals surface area contributed by atoms with Gasteiger partial charge in [-0.25, -0.2) is 0 Å². The maximum atomic E-state index is 12.0. The van der Waals surface area contributed by atoms with Gasteiger partial charge in [-0.15, -0.1) is 11.8 Å². The molecule has 290 valence electrons. The number of nitrogens with two attached hydrogens (primary N) is 1. The number of carbonyl (C=O) groups is 1. The molecule has 4 saturated heterocycles. The highest BCUT2D eigenvalue weighted by molar-refractivity contribution is 8.01. The molecule has 4 heterocycles. The molecule has 8 rings (SSSR count). The van der Waals surface area contributed by atoms with Crippen LogP contribution in [-0.2, 0) is 25.1 Å². The van der Waals surface area contributed by atoms with Crippen LogP contribution in [0.15, 0.2) is 36.4 Å². The summed E-state index contributed by atoms with van der Waals surface area (Å²) in [5.41, 5.74) is 8.12. The van der Waals surface area contributed by atoms with Crippen LogP contribution >= 0.6 is 11.8 Å². The number of nitrogens with zero attached hydrogens (tertiary/aromatic N) is 2. The molecule has 9 unspecified atom stereocenters. The van der Waals surface area contributed by atoms with E-state index >= 15 is 0 Å². The molecule has 12 nitrogen and oxygen atoms in total. The lowest BCUT2D eigenvalue weighted by Crippen LogP contribution is -2.57. The van der Waals surface area contributed by atoms with Crippen molar-refractivity contribution in [1.29, 1.82) is 0 Å². The van der Waals surface area contributed by atoms with Crippen LogP contribution in [0.2, 0.25) is 0 Å². The van der Waals surface area contributed by atoms with Crippen LogP contribution in [0.3, 0.4) is 0 Å². The van der Waals surface area contributed by atoms with Gasteiger partial charge in [-0.2, -0.15) is 0 Å². The van der Waals surface area contributed by atoms with E-state index in [0.29, 0.717) is 43.4 Å². The number of rotatable bonds is 10. The molecule has 9 atom stereocenters. The van der Waals surface area contributed by atoms with Gasteiger partial charge >= 0.3 is 0 Å². The van der Waals surface area contributed by atoms with Crippen LogP contribution in [0.25, 0.3) is 0 Å². The highest BCUT2D eigenvalue weighted by Crippen LogP contribution is 2.57. The molecular formula is C40H56N4O8S. The number of hydrogen-bond acceptors (Lipinski definition) is 12. The highest BCUT2D eigenvalue weighted by Gasteiger charge is 2.60. The summed E-state index contributed by atoms with van der Waals surface area (Å²) < 4.78 is 36.4. The molecule has 2 aromatic carbocycles. The molecule has 53 heavy (non-hydrogen) atoms. The standard InChI is InChI=1S/C40H56N4O8S/c1-43-17-15-37(11-13-39(22-33(37)43)42-27(24-53-39)35(41)45)26-7-9-29(32(21-26)49-5)50-19-10-30-36(46)52-40(51-30)14-12-38(16-18-44(2)34(38)23-40)25-6-8-28(47-3)31(20-25)48-4/h6-9,20-21,27,30,33-34,36,42,46H,10-19,22-24H2,1-5H3,(H2,41,45). The third-order valence-electron chi connectivity index (χ3n) is 13.8. The summed E-state index contributed by atoms with van der Waals surface area (Å²) in [6.45, 7) is 2.34. The first-order valence-electron chi connectivity index (χ1n) is 19.2. The molecule has 2 aliphatic carbocycles. The van der Waals surface area contributed by atoms with Crippen molar-refractivity contribution in [2.75, 3.05) is 60.9 Å². The Morgan fingerprint density at radius 2 is 1.45 bits per heavy atom. The molecular weight excluding hydrogens is 697 g/mol. The first-order chi connectivity index (χ1) is 25.5. The predicted molar refractivity (Wildman–Crippen MR) is 202 cm³/mol. The molecule has 0 bridgehead atoms. The number of aliphatic hydroxyl groups excluding tert-OH is 1. The van der Waals surface area contributed by atoms with E-state index in [1.165, 1.54) is 11.1 Å². The number of amides is 1. The zero-order valence-corrected chi connectivity index (χ0v) is 32.5. The molecule has 4 N–H and O–H groups in total. The van der Waals surface area contributed by atoms with Crippen LogP contribution in [0.1, 0.15) is 68.9 Å². The van der Waals surface area contributed by atoms with Gasteiger partial charge in [0.2, 0.25) is 5.91 Å². The van der Waals surface area contributed by atoms with Crippen molar-refractivity contribution in [1.82, 2.24) is 15.1 Å². The Hall–Kier alpha value is -2.78. The smallest absolute Gasteiger partial charge is 0.235 e. The zero-order valence-electron chi connectivity index (χ0n) is 31.7. The van der Waals surface area contributed by atoms with Crippen LogP contribution in [-0.4, -0.2) is 123 Å². The first-order valence-corrected chi connectivity index (χ1v) is 20.2. The molecule has 2 spiro atoms. The van der Waals surface area contributed by atoms with Gasteiger partial charge in [-0.3, -0.25) is 10.1 Å². The van der Waals surface area contributed by atoms with Crippen LogP contribution in [0.4, 0.5) is 0 Å². The molecule has 2 aromatic rings. The van der Waals surface area contributed by atoms with Crippen molar-refractivity contribution < 1.29 is 38.3 Å². The fourth-order valence-corrected chi connectivity index (χ4v) is 12.3. The third kappa shape index (κ3) is 6.28. The Morgan fingerprint density at radius 3 is 2.08 bits per heavy atom. The van der Waals surface area contributed by atoms with Crippen molar-refractivity contribution in [3.63, 3.8) is 0 Å². The van der Waals surface area contributed by atoms with E-state index in [0.717, 1.165) is 68.9 Å². The number of thioether (sulfide) groups is 1. The average Bonchev–Trinajstić information content (AvgIpc) is 3.92. The Kier molecular flexibility index (Phi) is 9.86. The lowest BCUT2D eigenvalue weighted by atomic mass is 9.64. The number of benzene rings is 2. The fourth-order valence-electron chi connectivity index (χ4n) is 10.8. The van der Waals surface area contributed by atoms with Crippen molar-refractivity contribution in [3.05, 3.63) is 47.5 Å². The number of aliphatic hydroxyl groups is 1. The quantitative estimate of drug-likeness (QED) is 0.326. The third-order valence-corrected chi connectivity index (χ3v) is 15.3. The van der Waals surface area contributed by atoms with Gasteiger partial charge in [0.25, 0.3) is 0 Å². The number of carbonyl (C=O) groups excluding carboxylic acids is 1. The minimum atomic E-state index is -1.03. The maximum absolute atomic E-state index is 12.0. The second-order valence-electron chi connectivity index (χ2n) is 16.3. The summed E-state index contributed by atoms with van der Waals surface area (Å²) in [4.78, 5) is 16.7. The predicted octanol–water partition coefficient (Wildman–Crippen LogP) is 3.75. The summed E-state index contributed by atoms with van der Waals surface area (Å²) in [6.07, 6.45) is 6.24. The van der Waals surface area contributed by atoms with Gasteiger partial charge < -0.3 is 49.1 Å². The first kappa shape index (κ1) is 37.2. The maximum Gasteiger partial charge on any atom is 0.235 e. The Bertz CT molecular complexity index is 1700. The summed E-state index contributed by atoms with van der Waals surface area (Å²) >= 11 is 1.86. The van der Waals surface area contributed by atoms with E-state index in [4.69, 9.17) is 34.2 Å². The van der Waals surface area contributed by atoms with E-state index in [-0.39, 0.29) is 33.7 Å². The number of methoxy groups -OCH3 is 3. The molecule has 13 heteroatoms. The number of hydrogen-bond donors (Lipinski definition) is 3. The number of ether oxygens (including phenoxy) is 6. The summed E-state index contributed by atoms with van der Waals surface area (Å²) in [5.74, 6) is 2.46. The van der Waals surface area contributed by atoms with Gasteiger partial charge in [0.1, 0.15) is 6.10 Å². The van der Waals surface area contributed by atoms with E-state index in [1.54, 1.807) is 21.3 Å². The molecule has 6 aliphatic rings. The van der Waals surface area contributed by atoms with E-state index < -0.39 is 18.2 Å². The molecule has 0 aromatic heterocycles. The Morgan fingerprint density at radius 1 is 0.849 bits per heavy atom. The lowest BCUT2D eigenvalue weighted by Gasteiger charge is -2.49. The van der Waals surface area contributed by atoms with Crippen LogP contribution in [0, 0.1) is 0 Å². The topological polar surface area (TPSA) is 137 Å². The average molecular weight is 753 g/mol. The minimum absolute atomic E-state index is 0.00325. The second kappa shape index (κ2) is 14.1. The highest BCUT2D eigenvalue weighted by atomic mass is 32.2. The summed E-state index contributed by atoms with van der Waals surface area (Å²) in [7, 11) is 9.41. The van der Waals surface area contributed by atoms with Gasteiger partial charge in [-0.1, -0.05) is 12.1 Å². The normalized spacial score (nSPS) is 38.3. The van der Waals surface area contributed by atoms with Gasteiger partial charge in [0, 0.05) is 47.9 Å². The van der Waals surface area contributed by atoms with Crippen molar-refractivity contribution in [3.8, 4) is 23.0 Å². The van der Waals surface area contributed by atoms with Crippen molar-refractivity contribution in [2.24, 2.45) is 5.73 Å². The SMILES string of the molecule is COc1ccc(C23CCN(C)C2CC2(CC3)OC(O)C(CCOc3ccc(C45CCN(C)C4CC4(CC5)NC(C(N)=O)CS4)cc3OC)O2)cc1OC. The molecule has 1 amide bonds. The van der Waals surface area contributed by atoms with Gasteiger partial charge in [0.05, 0.1) is 38.8 Å². The zero-order chi connectivity index (χ0) is 37.2. The second-order valence-corrected chi connectivity index (χ2v) is 17.7. The van der Waals surface area contributed by atoms with Crippen molar-refractivity contribution in [2.45, 2.75) is 110 Å². The lowest BCUT2D eigenvalue weighted by molar-refractivity contribution is -0.228. The molecule has 4 aliphatic heterocycles. The van der Waals surface area contributed by atoms with Crippen LogP contribution in [0.5, 0.6) is 23.0 Å². The summed E-state index contributed by atoms with van der Waals surface area (Å²) in [6, 6.07) is 12.9. The number of nitrogens with one attached hydrogen (secondary N) is 1. The van der Waals surface area contributed by atoms with Crippen molar-refractivity contribution >= 4 is 17.7 Å². The molecule has 6 fully saturated rings. The number of primary amides is 1. The minimum Gasteiger partial charge on any atom is -0.493 e. The summed E-state index contributed by atoms with van der Waals surface area (Å²) in [5, 5.41) is 14.7. The van der Waals surface area contributed by atoms with E-state index in [9.17, 15) is 9.90 Å². The Balaban J connectivity index is 0.916.